The molecule has 28 heavy (non-hydrogen) atoms. The second-order valence-corrected chi connectivity index (χ2v) is 7.87. The highest BCUT2D eigenvalue weighted by atomic mass is 16.8. The molecule has 0 bridgehead atoms. The Balaban J connectivity index is 1.50. The van der Waals surface area contributed by atoms with Crippen LogP contribution in [0.25, 0.3) is 22.6 Å². The average molecular weight is 376 g/mol. The Hall–Kier alpha value is -2.47. The van der Waals surface area contributed by atoms with E-state index in [1.165, 1.54) is 0 Å². The molecule has 2 aliphatic rings. The predicted octanol–water partition coefficient (Wildman–Crippen LogP) is 4.56. The lowest BCUT2D eigenvalue weighted by Gasteiger charge is -2.28. The van der Waals surface area contributed by atoms with Gasteiger partial charge in [-0.25, -0.2) is 4.98 Å². The summed E-state index contributed by atoms with van der Waals surface area (Å²) < 4.78 is 18.4. The molecule has 0 radical (unpaired) electrons. The maximum absolute atomic E-state index is 6.33. The Kier molecular flexibility index (Phi) is 4.31. The van der Waals surface area contributed by atoms with Gasteiger partial charge in [0, 0.05) is 24.1 Å². The molecule has 0 unspecified atom stereocenters. The lowest BCUT2D eigenvalue weighted by Crippen LogP contribution is -2.44. The maximum atomic E-state index is 6.33. The SMILES string of the molecule is CC1(C)O[C@H]2CN[C@@H](c3nc(-c4ccccc4)c(-c4ccccc4)o3)C[C@@H]2O1. The molecule has 0 aliphatic carbocycles. The molecule has 0 saturated carbocycles. The van der Waals surface area contributed by atoms with Gasteiger partial charge in [-0.2, -0.15) is 0 Å². The van der Waals surface area contributed by atoms with Gasteiger partial charge in [0.05, 0.1) is 18.2 Å². The van der Waals surface area contributed by atoms with Gasteiger partial charge in [0.15, 0.2) is 11.5 Å². The number of nitrogens with zero attached hydrogens (tertiary/aromatic N) is 1. The van der Waals surface area contributed by atoms with Gasteiger partial charge in [-0.3, -0.25) is 0 Å². The zero-order valence-corrected chi connectivity index (χ0v) is 16.1. The molecular formula is C23H24N2O3. The maximum Gasteiger partial charge on any atom is 0.212 e. The summed E-state index contributed by atoms with van der Waals surface area (Å²) in [6.45, 7) is 4.65. The van der Waals surface area contributed by atoms with Crippen molar-refractivity contribution < 1.29 is 13.9 Å². The van der Waals surface area contributed by atoms with Crippen LogP contribution in [0, 0.1) is 0 Å². The first-order valence-corrected chi connectivity index (χ1v) is 9.80. The zero-order valence-electron chi connectivity index (χ0n) is 16.1. The summed E-state index contributed by atoms with van der Waals surface area (Å²) in [6.07, 6.45) is 0.897. The van der Waals surface area contributed by atoms with E-state index in [9.17, 15) is 0 Å². The van der Waals surface area contributed by atoms with E-state index in [1.54, 1.807) is 0 Å². The Labute approximate surface area is 164 Å². The number of fused-ring (bicyclic) bond motifs is 1. The highest BCUT2D eigenvalue weighted by Gasteiger charge is 2.45. The third kappa shape index (κ3) is 3.26. The largest absolute Gasteiger partial charge is 0.438 e. The summed E-state index contributed by atoms with van der Waals surface area (Å²) in [5.74, 6) is 0.964. The molecule has 5 heteroatoms. The van der Waals surface area contributed by atoms with Gasteiger partial charge in [0.25, 0.3) is 0 Å². The van der Waals surface area contributed by atoms with E-state index in [-0.39, 0.29) is 18.2 Å². The molecule has 5 nitrogen and oxygen atoms in total. The number of oxazole rings is 1. The third-order valence-corrected chi connectivity index (χ3v) is 5.34. The van der Waals surface area contributed by atoms with Gasteiger partial charge >= 0.3 is 0 Å². The molecule has 0 amide bonds. The van der Waals surface area contributed by atoms with Gasteiger partial charge in [-0.1, -0.05) is 60.7 Å². The first-order chi connectivity index (χ1) is 13.6. The van der Waals surface area contributed by atoms with Crippen molar-refractivity contribution in [2.45, 2.75) is 44.3 Å². The van der Waals surface area contributed by atoms with Crippen molar-refractivity contribution in [1.82, 2.24) is 10.3 Å². The Morgan fingerprint density at radius 1 is 0.893 bits per heavy atom. The van der Waals surface area contributed by atoms with E-state index >= 15 is 0 Å². The zero-order chi connectivity index (χ0) is 19.1. The third-order valence-electron chi connectivity index (χ3n) is 5.34. The van der Waals surface area contributed by atoms with Gasteiger partial charge < -0.3 is 19.2 Å². The molecule has 2 fully saturated rings. The Morgan fingerprint density at radius 3 is 2.25 bits per heavy atom. The van der Waals surface area contributed by atoms with Gasteiger partial charge in [-0.15, -0.1) is 0 Å². The van der Waals surface area contributed by atoms with Crippen LogP contribution in [0.1, 0.15) is 32.2 Å². The van der Waals surface area contributed by atoms with Crippen LogP contribution in [0.5, 0.6) is 0 Å². The summed E-state index contributed by atoms with van der Waals surface area (Å²) in [5.41, 5.74) is 2.94. The average Bonchev–Trinajstić information content (AvgIpc) is 3.28. The van der Waals surface area contributed by atoms with E-state index in [1.807, 2.05) is 50.2 Å². The summed E-state index contributed by atoms with van der Waals surface area (Å²) >= 11 is 0. The topological polar surface area (TPSA) is 56.5 Å². The monoisotopic (exact) mass is 376 g/mol. The van der Waals surface area contributed by atoms with Crippen LogP contribution in [0.2, 0.25) is 0 Å². The van der Waals surface area contributed by atoms with Crippen molar-refractivity contribution >= 4 is 0 Å². The van der Waals surface area contributed by atoms with E-state index < -0.39 is 5.79 Å². The number of benzene rings is 2. The number of hydrogen-bond donors (Lipinski definition) is 1. The number of rotatable bonds is 3. The summed E-state index contributed by atoms with van der Waals surface area (Å²) in [5, 5.41) is 3.53. The number of ether oxygens (including phenoxy) is 2. The quantitative estimate of drug-likeness (QED) is 0.726. The predicted molar refractivity (Wildman–Crippen MR) is 107 cm³/mol. The standard InChI is InChI=1S/C23H24N2O3/c1-23(2)27-18-13-17(24-14-19(18)28-23)22-25-20(15-9-5-3-6-10-15)21(26-22)16-11-7-4-8-12-16/h3-12,17-19,24H,13-14H2,1-2H3/t17-,18+,19+/m1/s1. The van der Waals surface area contributed by atoms with Crippen LogP contribution >= 0.6 is 0 Å². The van der Waals surface area contributed by atoms with Crippen molar-refractivity contribution in [3.8, 4) is 22.6 Å². The highest BCUT2D eigenvalue weighted by Crippen LogP contribution is 2.39. The number of hydrogen-bond acceptors (Lipinski definition) is 5. The van der Waals surface area contributed by atoms with Crippen molar-refractivity contribution in [2.24, 2.45) is 0 Å². The molecule has 0 spiro atoms. The second kappa shape index (κ2) is 6.85. The molecule has 3 heterocycles. The minimum Gasteiger partial charge on any atom is -0.438 e. The van der Waals surface area contributed by atoms with Gasteiger partial charge in [0.1, 0.15) is 5.69 Å². The van der Waals surface area contributed by atoms with Crippen LogP contribution in [0.3, 0.4) is 0 Å². The van der Waals surface area contributed by atoms with Gasteiger partial charge in [-0.05, 0) is 13.8 Å². The fourth-order valence-electron chi connectivity index (χ4n) is 4.11. The van der Waals surface area contributed by atoms with E-state index in [0.717, 1.165) is 35.5 Å². The van der Waals surface area contributed by atoms with Crippen LogP contribution in [-0.2, 0) is 9.47 Å². The van der Waals surface area contributed by atoms with E-state index in [2.05, 4.69) is 29.6 Å². The smallest absolute Gasteiger partial charge is 0.212 e. The fourth-order valence-corrected chi connectivity index (χ4v) is 4.11. The summed E-state index contributed by atoms with van der Waals surface area (Å²) in [7, 11) is 0. The minimum absolute atomic E-state index is 0.00123. The van der Waals surface area contributed by atoms with Crippen LogP contribution in [0.4, 0.5) is 0 Å². The van der Waals surface area contributed by atoms with Crippen LogP contribution < -0.4 is 5.32 Å². The van der Waals surface area contributed by atoms with Crippen molar-refractivity contribution in [1.29, 1.82) is 0 Å². The van der Waals surface area contributed by atoms with Crippen LogP contribution in [0.15, 0.2) is 65.1 Å². The van der Waals surface area contributed by atoms with E-state index in [4.69, 9.17) is 18.9 Å². The fraction of sp³-hybridized carbons (Fsp3) is 0.348. The number of piperidine rings is 1. The molecule has 1 aromatic heterocycles. The molecule has 1 N–H and O–H groups in total. The number of aromatic nitrogens is 1. The Morgan fingerprint density at radius 2 is 1.54 bits per heavy atom. The van der Waals surface area contributed by atoms with E-state index in [0.29, 0.717) is 5.89 Å². The lowest BCUT2D eigenvalue weighted by molar-refractivity contribution is -0.144. The molecule has 144 valence electrons. The summed E-state index contributed by atoms with van der Waals surface area (Å²) in [4.78, 5) is 4.91. The minimum atomic E-state index is -0.535. The van der Waals surface area contributed by atoms with Gasteiger partial charge in [0.2, 0.25) is 5.89 Å². The molecule has 3 aromatic rings. The molecule has 3 atom stereocenters. The molecule has 2 aliphatic heterocycles. The normalized spacial score (nSPS) is 26.1. The molecular weight excluding hydrogens is 352 g/mol. The summed E-state index contributed by atoms with van der Waals surface area (Å²) in [6, 6.07) is 20.3. The number of nitrogens with one attached hydrogen (secondary N) is 1. The lowest BCUT2D eigenvalue weighted by atomic mass is 10.00. The van der Waals surface area contributed by atoms with Crippen molar-refractivity contribution in [2.75, 3.05) is 6.54 Å². The second-order valence-electron chi connectivity index (χ2n) is 7.87. The van der Waals surface area contributed by atoms with Crippen molar-refractivity contribution in [3.05, 3.63) is 66.6 Å². The molecule has 5 rings (SSSR count). The Bertz CT molecular complexity index is 895. The highest BCUT2D eigenvalue weighted by molar-refractivity contribution is 5.76. The van der Waals surface area contributed by atoms with Crippen molar-refractivity contribution in [3.63, 3.8) is 0 Å². The first kappa shape index (κ1) is 17.6. The molecule has 2 saturated heterocycles. The molecule has 2 aromatic carbocycles. The first-order valence-electron chi connectivity index (χ1n) is 9.80. The van der Waals surface area contributed by atoms with Crippen LogP contribution in [-0.4, -0.2) is 29.5 Å².